The molecule has 1 N–H and O–H groups in total. The molecule has 0 aromatic rings. The van der Waals surface area contributed by atoms with Gasteiger partial charge in [-0.3, -0.25) is 19.3 Å². The van der Waals surface area contributed by atoms with Gasteiger partial charge in [0.25, 0.3) is 0 Å². The van der Waals surface area contributed by atoms with Crippen molar-refractivity contribution in [2.75, 3.05) is 12.3 Å². The van der Waals surface area contributed by atoms with Crippen LogP contribution in [0, 0.1) is 23.2 Å². The molecule has 2 bridgehead atoms. The molecule has 5 nitrogen and oxygen atoms in total. The fraction of sp³-hybridized carbons (Fsp3) is 0.750. The molecule has 1 aliphatic heterocycles. The number of allylic oxidation sites excluding steroid dienone is 1. The molecule has 0 spiro atoms. The van der Waals surface area contributed by atoms with Gasteiger partial charge in [-0.2, -0.15) is 0 Å². The fourth-order valence-corrected chi connectivity index (χ4v) is 5.43. The van der Waals surface area contributed by atoms with Gasteiger partial charge in [-0.25, -0.2) is 0 Å². The number of fused-ring (bicyclic) bond motifs is 2. The molecular formula is C20H30N2O3S. The topological polar surface area (TPSA) is 66.5 Å². The van der Waals surface area contributed by atoms with Crippen LogP contribution < -0.4 is 5.32 Å². The first-order valence-corrected chi connectivity index (χ1v) is 10.6. The third-order valence-electron chi connectivity index (χ3n) is 6.03. The van der Waals surface area contributed by atoms with Gasteiger partial charge in [0.15, 0.2) is 5.78 Å². The van der Waals surface area contributed by atoms with E-state index in [0.717, 1.165) is 11.8 Å². The molecule has 0 aromatic carbocycles. The molecule has 0 radical (unpaired) electrons. The van der Waals surface area contributed by atoms with Crippen molar-refractivity contribution in [1.82, 2.24) is 10.2 Å². The third-order valence-corrected chi connectivity index (χ3v) is 7.06. The van der Waals surface area contributed by atoms with Gasteiger partial charge < -0.3 is 5.32 Å². The van der Waals surface area contributed by atoms with E-state index in [1.165, 1.54) is 48.4 Å². The first-order valence-electron chi connectivity index (χ1n) is 9.64. The highest BCUT2D eigenvalue weighted by Gasteiger charge is 2.42. The van der Waals surface area contributed by atoms with Gasteiger partial charge in [0.1, 0.15) is 6.54 Å². The van der Waals surface area contributed by atoms with Gasteiger partial charge in [-0.15, -0.1) is 0 Å². The Morgan fingerprint density at radius 2 is 2.04 bits per heavy atom. The highest BCUT2D eigenvalue weighted by molar-refractivity contribution is 8.04. The third kappa shape index (κ3) is 4.16. The second kappa shape index (κ2) is 7.37. The average Bonchev–Trinajstić information content (AvgIpc) is 3.25. The van der Waals surface area contributed by atoms with Crippen molar-refractivity contribution < 1.29 is 14.4 Å². The Labute approximate surface area is 160 Å². The minimum absolute atomic E-state index is 0.000243. The maximum Gasteiger partial charge on any atom is 0.240 e. The Hall–Kier alpha value is -1.30. The molecule has 4 atom stereocenters. The first kappa shape index (κ1) is 19.5. The van der Waals surface area contributed by atoms with Crippen molar-refractivity contribution in [3.63, 3.8) is 0 Å². The normalized spacial score (nSPS) is 30.9. The van der Waals surface area contributed by atoms with Gasteiger partial charge in [-0.05, 0) is 43.9 Å². The molecular weight excluding hydrogens is 348 g/mol. The zero-order chi connectivity index (χ0) is 19.1. The van der Waals surface area contributed by atoms with Crippen LogP contribution in [0.3, 0.4) is 0 Å². The van der Waals surface area contributed by atoms with E-state index in [1.807, 2.05) is 20.8 Å². The molecule has 6 heteroatoms. The smallest absolute Gasteiger partial charge is 0.240 e. The summed E-state index contributed by atoms with van der Waals surface area (Å²) in [4.78, 5) is 38.4. The van der Waals surface area contributed by atoms with E-state index in [4.69, 9.17) is 0 Å². The SMILES string of the molecule is CC(NC(=O)CN1C(=O)CS/C1=C\C(=O)C(C)(C)C)C1CC2CCC1C2. The van der Waals surface area contributed by atoms with Crippen molar-refractivity contribution in [2.24, 2.45) is 23.2 Å². The van der Waals surface area contributed by atoms with E-state index >= 15 is 0 Å². The average molecular weight is 379 g/mol. The van der Waals surface area contributed by atoms with E-state index in [9.17, 15) is 14.4 Å². The van der Waals surface area contributed by atoms with E-state index in [2.05, 4.69) is 12.2 Å². The lowest BCUT2D eigenvalue weighted by Gasteiger charge is -2.29. The summed E-state index contributed by atoms with van der Waals surface area (Å²) in [7, 11) is 0. The predicted molar refractivity (Wildman–Crippen MR) is 103 cm³/mol. The Morgan fingerprint density at radius 3 is 2.62 bits per heavy atom. The second-order valence-corrected chi connectivity index (χ2v) is 10.1. The second-order valence-electron chi connectivity index (χ2n) is 9.06. The zero-order valence-corrected chi connectivity index (χ0v) is 17.0. The van der Waals surface area contributed by atoms with Crippen LogP contribution in [0.1, 0.15) is 53.4 Å². The van der Waals surface area contributed by atoms with Crippen molar-refractivity contribution in [1.29, 1.82) is 0 Å². The molecule has 26 heavy (non-hydrogen) atoms. The molecule has 2 saturated carbocycles. The largest absolute Gasteiger partial charge is 0.352 e. The summed E-state index contributed by atoms with van der Waals surface area (Å²) in [5.74, 6) is 2.18. The number of carbonyl (C=O) groups excluding carboxylic acids is 3. The Morgan fingerprint density at radius 1 is 1.31 bits per heavy atom. The van der Waals surface area contributed by atoms with Crippen molar-refractivity contribution in [2.45, 2.75) is 59.4 Å². The summed E-state index contributed by atoms with van der Waals surface area (Å²) in [6.45, 7) is 7.63. The maximum atomic E-state index is 12.5. The number of hydrogen-bond donors (Lipinski definition) is 1. The number of amides is 2. The number of nitrogens with one attached hydrogen (secondary N) is 1. The lowest BCUT2D eigenvalue weighted by atomic mass is 9.84. The first-order chi connectivity index (χ1) is 12.1. The summed E-state index contributed by atoms with van der Waals surface area (Å²) in [6, 6.07) is 0.145. The molecule has 3 rings (SSSR count). The van der Waals surface area contributed by atoms with Gasteiger partial charge >= 0.3 is 0 Å². The molecule has 3 aliphatic rings. The molecule has 1 saturated heterocycles. The number of nitrogens with zero attached hydrogens (tertiary/aromatic N) is 1. The zero-order valence-electron chi connectivity index (χ0n) is 16.2. The summed E-state index contributed by atoms with van der Waals surface area (Å²) < 4.78 is 0. The highest BCUT2D eigenvalue weighted by Crippen LogP contribution is 2.49. The van der Waals surface area contributed by atoms with Gasteiger partial charge in [-0.1, -0.05) is 39.0 Å². The van der Waals surface area contributed by atoms with Crippen molar-refractivity contribution in [3.05, 3.63) is 11.1 Å². The number of ketones is 1. The standard InChI is InChI=1S/C20H30N2O3S/c1-12(15-8-13-5-6-14(15)7-13)21-17(24)10-22-18(25)11-26-19(22)9-16(23)20(2,3)4/h9,12-15H,5-8,10-11H2,1-4H3,(H,21,24)/b19-9-. The van der Waals surface area contributed by atoms with E-state index in [0.29, 0.717) is 16.7 Å². The number of thioether (sulfide) groups is 1. The lowest BCUT2D eigenvalue weighted by molar-refractivity contribution is -0.131. The summed E-state index contributed by atoms with van der Waals surface area (Å²) >= 11 is 1.34. The van der Waals surface area contributed by atoms with Crippen LogP contribution in [0.25, 0.3) is 0 Å². The highest BCUT2D eigenvalue weighted by atomic mass is 32.2. The number of rotatable bonds is 5. The van der Waals surface area contributed by atoms with Gasteiger partial charge in [0, 0.05) is 17.5 Å². The van der Waals surface area contributed by atoms with Crippen LogP contribution >= 0.6 is 11.8 Å². The van der Waals surface area contributed by atoms with Crippen LogP contribution in [0.5, 0.6) is 0 Å². The molecule has 2 aliphatic carbocycles. The Balaban J connectivity index is 1.59. The Bertz CT molecular complexity index is 637. The minimum Gasteiger partial charge on any atom is -0.352 e. The minimum atomic E-state index is -0.497. The Kier molecular flexibility index (Phi) is 5.52. The molecule has 1 heterocycles. The monoisotopic (exact) mass is 378 g/mol. The van der Waals surface area contributed by atoms with Crippen LogP contribution in [0.2, 0.25) is 0 Å². The predicted octanol–water partition coefficient (Wildman–Crippen LogP) is 2.96. The van der Waals surface area contributed by atoms with E-state index < -0.39 is 5.41 Å². The van der Waals surface area contributed by atoms with Crippen LogP contribution in [-0.2, 0) is 14.4 Å². The van der Waals surface area contributed by atoms with Crippen LogP contribution in [-0.4, -0.2) is 40.8 Å². The van der Waals surface area contributed by atoms with Gasteiger partial charge in [0.05, 0.1) is 10.8 Å². The molecule has 4 unspecified atom stereocenters. The van der Waals surface area contributed by atoms with Crippen LogP contribution in [0.4, 0.5) is 0 Å². The number of hydrogen-bond acceptors (Lipinski definition) is 4. The molecule has 0 aromatic heterocycles. The summed E-state index contributed by atoms with van der Waals surface area (Å²) in [5.41, 5.74) is -0.497. The lowest BCUT2D eigenvalue weighted by Crippen LogP contribution is -2.45. The number of carbonyl (C=O) groups is 3. The van der Waals surface area contributed by atoms with Gasteiger partial charge in [0.2, 0.25) is 11.8 Å². The fourth-order valence-electron chi connectivity index (χ4n) is 4.49. The summed E-state index contributed by atoms with van der Waals surface area (Å²) in [6.07, 6.45) is 6.68. The molecule has 2 amide bonds. The maximum absolute atomic E-state index is 12.5. The quantitative estimate of drug-likeness (QED) is 0.747. The summed E-state index contributed by atoms with van der Waals surface area (Å²) in [5, 5.41) is 3.70. The van der Waals surface area contributed by atoms with Crippen molar-refractivity contribution >= 4 is 29.4 Å². The molecule has 144 valence electrons. The molecule has 3 fully saturated rings. The van der Waals surface area contributed by atoms with E-state index in [1.54, 1.807) is 0 Å². The van der Waals surface area contributed by atoms with E-state index in [-0.39, 0.29) is 30.2 Å². The van der Waals surface area contributed by atoms with Crippen LogP contribution in [0.15, 0.2) is 11.1 Å². The van der Waals surface area contributed by atoms with Crippen molar-refractivity contribution in [3.8, 4) is 0 Å².